The normalized spacial score (nSPS) is 12.3. The zero-order chi connectivity index (χ0) is 30.5. The van der Waals surface area contributed by atoms with Crippen LogP contribution in [-0.2, 0) is 26.2 Å². The highest BCUT2D eigenvalue weighted by Crippen LogP contribution is 2.29. The van der Waals surface area contributed by atoms with Gasteiger partial charge in [0.05, 0.1) is 15.5 Å². The Morgan fingerprint density at radius 3 is 2.12 bits per heavy atom. The van der Waals surface area contributed by atoms with Gasteiger partial charge in [0.1, 0.15) is 12.6 Å². The summed E-state index contributed by atoms with van der Waals surface area (Å²) in [5.41, 5.74) is -0.708. The lowest BCUT2D eigenvalue weighted by Crippen LogP contribution is -2.54. The number of nitro groups is 1. The van der Waals surface area contributed by atoms with E-state index in [1.54, 1.807) is 45.0 Å². The third-order valence-corrected chi connectivity index (χ3v) is 8.49. The number of non-ortho nitro benzene ring substituents is 1. The largest absolute Gasteiger partial charge is 0.350 e. The van der Waals surface area contributed by atoms with Crippen molar-refractivity contribution in [3.63, 3.8) is 0 Å². The monoisotopic (exact) mass is 620 g/mol. The van der Waals surface area contributed by atoms with Crippen molar-refractivity contribution >= 4 is 56.4 Å². The number of halogens is 2. The molecule has 0 spiro atoms. The summed E-state index contributed by atoms with van der Waals surface area (Å²) in [4.78, 5) is 39.0. The number of benzene rings is 3. The summed E-state index contributed by atoms with van der Waals surface area (Å²) < 4.78 is 28.4. The molecule has 0 radical (unpaired) electrons. The first kappa shape index (κ1) is 31.9. The number of amides is 2. The van der Waals surface area contributed by atoms with Crippen LogP contribution < -0.4 is 9.62 Å². The smallest absolute Gasteiger partial charge is 0.271 e. The fourth-order valence-electron chi connectivity index (χ4n) is 3.92. The number of hydrogen-bond acceptors (Lipinski definition) is 6. The van der Waals surface area contributed by atoms with Crippen molar-refractivity contribution < 1.29 is 22.9 Å². The summed E-state index contributed by atoms with van der Waals surface area (Å²) in [6, 6.07) is 16.1. The molecule has 0 aromatic heterocycles. The van der Waals surface area contributed by atoms with Crippen molar-refractivity contribution in [2.75, 3.05) is 10.8 Å². The molecular weight excluding hydrogens is 591 g/mol. The minimum absolute atomic E-state index is 0.0982. The molecule has 1 N–H and O–H groups in total. The van der Waals surface area contributed by atoms with Crippen molar-refractivity contribution in [1.82, 2.24) is 10.2 Å². The summed E-state index contributed by atoms with van der Waals surface area (Å²) in [6.45, 7) is 5.88. The number of sulfonamides is 1. The molecule has 3 rings (SSSR count). The van der Waals surface area contributed by atoms with E-state index in [1.165, 1.54) is 54.3 Å². The highest BCUT2D eigenvalue weighted by molar-refractivity contribution is 7.92. The van der Waals surface area contributed by atoms with E-state index in [-0.39, 0.29) is 32.9 Å². The van der Waals surface area contributed by atoms with Crippen molar-refractivity contribution in [3.05, 3.63) is 98.5 Å². The highest BCUT2D eigenvalue weighted by atomic mass is 35.5. The second kappa shape index (κ2) is 12.9. The Bertz CT molecular complexity index is 1520. The molecule has 3 aromatic carbocycles. The predicted octanol–water partition coefficient (Wildman–Crippen LogP) is 5.43. The third kappa shape index (κ3) is 7.96. The van der Waals surface area contributed by atoms with Crippen LogP contribution in [0.4, 0.5) is 11.4 Å². The van der Waals surface area contributed by atoms with Crippen LogP contribution in [-0.4, -0.2) is 48.2 Å². The van der Waals surface area contributed by atoms with Gasteiger partial charge in [-0.3, -0.25) is 24.0 Å². The van der Waals surface area contributed by atoms with Gasteiger partial charge in [-0.15, -0.1) is 0 Å². The van der Waals surface area contributed by atoms with Crippen LogP contribution in [0.25, 0.3) is 0 Å². The van der Waals surface area contributed by atoms with E-state index in [0.29, 0.717) is 5.56 Å². The van der Waals surface area contributed by atoms with E-state index in [2.05, 4.69) is 5.32 Å². The van der Waals surface area contributed by atoms with E-state index >= 15 is 0 Å². The van der Waals surface area contributed by atoms with Gasteiger partial charge < -0.3 is 10.2 Å². The minimum atomic E-state index is -4.38. The van der Waals surface area contributed by atoms with Gasteiger partial charge in [0, 0.05) is 39.8 Å². The summed E-state index contributed by atoms with van der Waals surface area (Å²) in [6.07, 6.45) is 0. The predicted molar refractivity (Wildman–Crippen MR) is 158 cm³/mol. The van der Waals surface area contributed by atoms with Crippen LogP contribution >= 0.6 is 23.2 Å². The number of nitrogens with one attached hydrogen (secondary N) is 1. The van der Waals surface area contributed by atoms with Crippen LogP contribution in [0.5, 0.6) is 0 Å². The zero-order valence-corrected chi connectivity index (χ0v) is 25.2. The Labute approximate surface area is 249 Å². The van der Waals surface area contributed by atoms with Gasteiger partial charge in [-0.25, -0.2) is 8.42 Å². The first-order valence-corrected chi connectivity index (χ1v) is 14.7. The molecule has 0 saturated heterocycles. The van der Waals surface area contributed by atoms with Gasteiger partial charge in [-0.1, -0.05) is 53.5 Å². The molecule has 3 aromatic rings. The average Bonchev–Trinajstić information content (AvgIpc) is 2.90. The molecule has 218 valence electrons. The molecule has 41 heavy (non-hydrogen) atoms. The maximum atomic E-state index is 14.0. The SMILES string of the molecule is C[C@@H](C(=O)NC(C)(C)C)N(Cc1c(Cl)cccc1Cl)C(=O)CN(c1cccc([N+](=O)[O-])c1)S(=O)(=O)c1ccccc1. The quantitative estimate of drug-likeness (QED) is 0.238. The standard InChI is InChI=1S/C28H30Cl2N4O6S/c1-19(27(36)31-28(2,3)4)32(17-23-24(29)14-9-15-25(23)30)26(35)18-33(20-10-8-11-21(16-20)34(37)38)41(39,40)22-12-6-5-7-13-22/h5-16,19H,17-18H2,1-4H3,(H,31,36)/t19-/m0/s1. The molecule has 0 unspecified atom stereocenters. The van der Waals surface area contributed by atoms with Gasteiger partial charge in [0.15, 0.2) is 0 Å². The molecule has 0 bridgehead atoms. The van der Waals surface area contributed by atoms with Crippen LogP contribution in [0.15, 0.2) is 77.7 Å². The first-order chi connectivity index (χ1) is 19.1. The van der Waals surface area contributed by atoms with Crippen molar-refractivity contribution in [2.24, 2.45) is 0 Å². The number of hydrogen-bond donors (Lipinski definition) is 1. The Morgan fingerprint density at radius 2 is 1.56 bits per heavy atom. The van der Waals surface area contributed by atoms with Crippen molar-refractivity contribution in [3.8, 4) is 0 Å². The number of anilines is 1. The maximum absolute atomic E-state index is 14.0. The Balaban J connectivity index is 2.11. The number of nitro benzene ring substituents is 1. The summed E-state index contributed by atoms with van der Waals surface area (Å²) in [5, 5.41) is 14.8. The minimum Gasteiger partial charge on any atom is -0.350 e. The molecule has 2 amide bonds. The van der Waals surface area contributed by atoms with Gasteiger partial charge in [0.25, 0.3) is 15.7 Å². The first-order valence-electron chi connectivity index (χ1n) is 12.5. The topological polar surface area (TPSA) is 130 Å². The molecule has 0 aliphatic rings. The molecular formula is C28H30Cl2N4O6S. The molecule has 0 saturated carbocycles. The van der Waals surface area contributed by atoms with Gasteiger partial charge in [-0.2, -0.15) is 0 Å². The van der Waals surface area contributed by atoms with Gasteiger partial charge >= 0.3 is 0 Å². The number of rotatable bonds is 10. The molecule has 0 aliphatic heterocycles. The second-order valence-electron chi connectivity index (χ2n) is 10.2. The maximum Gasteiger partial charge on any atom is 0.271 e. The van der Waals surface area contributed by atoms with Crippen LogP contribution in [0.2, 0.25) is 10.0 Å². The van der Waals surface area contributed by atoms with E-state index < -0.39 is 44.9 Å². The van der Waals surface area contributed by atoms with E-state index in [1.807, 2.05) is 0 Å². The highest BCUT2D eigenvalue weighted by Gasteiger charge is 2.34. The Morgan fingerprint density at radius 1 is 0.976 bits per heavy atom. The summed E-state index contributed by atoms with van der Waals surface area (Å²) in [7, 11) is -4.38. The molecule has 0 heterocycles. The zero-order valence-electron chi connectivity index (χ0n) is 22.9. The molecule has 13 heteroatoms. The average molecular weight is 622 g/mol. The number of carbonyl (C=O) groups is 2. The summed E-state index contributed by atoms with van der Waals surface area (Å²) in [5.74, 6) is -1.25. The lowest BCUT2D eigenvalue weighted by molar-refractivity contribution is -0.384. The fraction of sp³-hybridized carbons (Fsp3) is 0.286. The van der Waals surface area contributed by atoms with Crippen LogP contribution in [0, 0.1) is 10.1 Å². The summed E-state index contributed by atoms with van der Waals surface area (Å²) >= 11 is 12.8. The molecule has 10 nitrogen and oxygen atoms in total. The van der Waals surface area contributed by atoms with Gasteiger partial charge in [0.2, 0.25) is 11.8 Å². The molecule has 1 atom stereocenters. The third-order valence-electron chi connectivity index (χ3n) is 5.99. The Kier molecular flexibility index (Phi) is 10.0. The van der Waals surface area contributed by atoms with Crippen molar-refractivity contribution in [1.29, 1.82) is 0 Å². The molecule has 0 aliphatic carbocycles. The van der Waals surface area contributed by atoms with Crippen LogP contribution in [0.1, 0.15) is 33.3 Å². The van der Waals surface area contributed by atoms with E-state index in [9.17, 15) is 28.1 Å². The number of carbonyl (C=O) groups excluding carboxylic acids is 2. The van der Waals surface area contributed by atoms with Crippen LogP contribution in [0.3, 0.4) is 0 Å². The van der Waals surface area contributed by atoms with E-state index in [4.69, 9.17) is 23.2 Å². The van der Waals surface area contributed by atoms with Crippen molar-refractivity contribution in [2.45, 2.75) is 50.7 Å². The second-order valence-corrected chi connectivity index (χ2v) is 12.9. The van der Waals surface area contributed by atoms with E-state index in [0.717, 1.165) is 10.4 Å². The van der Waals surface area contributed by atoms with Gasteiger partial charge in [-0.05, 0) is 58.0 Å². The fourth-order valence-corrected chi connectivity index (χ4v) is 5.86. The lowest BCUT2D eigenvalue weighted by atomic mass is 10.1. The lowest BCUT2D eigenvalue weighted by Gasteiger charge is -2.33. The molecule has 0 fully saturated rings. The Hall–Kier alpha value is -3.67. The number of nitrogens with zero attached hydrogens (tertiary/aromatic N) is 3.